The lowest BCUT2D eigenvalue weighted by atomic mass is 10.2. The molecule has 0 aliphatic carbocycles. The predicted octanol–water partition coefficient (Wildman–Crippen LogP) is 3.42. The summed E-state index contributed by atoms with van der Waals surface area (Å²) in [5.74, 6) is -1.65. The monoisotopic (exact) mass is 370 g/mol. The number of aromatic nitrogens is 1. The zero-order valence-corrected chi connectivity index (χ0v) is 14.5. The van der Waals surface area contributed by atoms with Gasteiger partial charge < -0.3 is 10.1 Å². The van der Waals surface area contributed by atoms with Gasteiger partial charge >= 0.3 is 5.97 Å². The summed E-state index contributed by atoms with van der Waals surface area (Å²) in [4.78, 5) is 28.0. The summed E-state index contributed by atoms with van der Waals surface area (Å²) in [5, 5.41) is 5.06. The Morgan fingerprint density at radius 2 is 1.92 bits per heavy atom. The van der Waals surface area contributed by atoms with E-state index < -0.39 is 17.7 Å². The maximum Gasteiger partial charge on any atom is 0.325 e. The first-order chi connectivity index (χ1) is 12.6. The van der Waals surface area contributed by atoms with Gasteiger partial charge in [-0.05, 0) is 18.2 Å². The van der Waals surface area contributed by atoms with E-state index in [1.807, 2.05) is 35.7 Å². The maximum absolute atomic E-state index is 13.1. The van der Waals surface area contributed by atoms with E-state index in [1.165, 1.54) is 29.5 Å². The van der Waals surface area contributed by atoms with Crippen molar-refractivity contribution in [1.29, 1.82) is 0 Å². The molecule has 0 aliphatic heterocycles. The van der Waals surface area contributed by atoms with Gasteiger partial charge in [0.25, 0.3) is 5.91 Å². The van der Waals surface area contributed by atoms with Gasteiger partial charge in [0.1, 0.15) is 24.0 Å². The van der Waals surface area contributed by atoms with Crippen LogP contribution in [-0.4, -0.2) is 23.4 Å². The number of amides is 1. The highest BCUT2D eigenvalue weighted by atomic mass is 32.1. The zero-order chi connectivity index (χ0) is 18.4. The van der Waals surface area contributed by atoms with Crippen molar-refractivity contribution in [3.05, 3.63) is 77.1 Å². The number of esters is 1. The van der Waals surface area contributed by atoms with Crippen LogP contribution in [0.1, 0.15) is 16.1 Å². The van der Waals surface area contributed by atoms with Crippen molar-refractivity contribution in [2.45, 2.75) is 6.61 Å². The highest BCUT2D eigenvalue weighted by Gasteiger charge is 2.11. The largest absolute Gasteiger partial charge is 0.458 e. The summed E-state index contributed by atoms with van der Waals surface area (Å²) >= 11 is 1.46. The van der Waals surface area contributed by atoms with Crippen molar-refractivity contribution < 1.29 is 18.7 Å². The zero-order valence-electron chi connectivity index (χ0n) is 13.6. The van der Waals surface area contributed by atoms with Crippen LogP contribution in [0.25, 0.3) is 10.6 Å². The minimum Gasteiger partial charge on any atom is -0.458 e. The summed E-state index contributed by atoms with van der Waals surface area (Å²) in [6, 6.07) is 14.9. The van der Waals surface area contributed by atoms with Crippen molar-refractivity contribution in [1.82, 2.24) is 10.3 Å². The molecule has 0 fully saturated rings. The number of benzene rings is 2. The minimum atomic E-state index is -0.594. The molecule has 132 valence electrons. The van der Waals surface area contributed by atoms with Gasteiger partial charge in [-0.3, -0.25) is 9.59 Å². The Balaban J connectivity index is 1.47. The second-order valence-corrected chi connectivity index (χ2v) is 6.22. The van der Waals surface area contributed by atoms with Gasteiger partial charge in [0.05, 0.1) is 5.69 Å². The van der Waals surface area contributed by atoms with E-state index in [9.17, 15) is 14.0 Å². The number of hydrogen-bond acceptors (Lipinski definition) is 5. The van der Waals surface area contributed by atoms with E-state index in [1.54, 1.807) is 0 Å². The molecule has 1 aromatic heterocycles. The fourth-order valence-corrected chi connectivity index (χ4v) is 2.99. The Kier molecular flexibility index (Phi) is 5.70. The number of carbonyl (C=O) groups excluding carboxylic acids is 2. The third-order valence-electron chi connectivity index (χ3n) is 3.43. The second-order valence-electron chi connectivity index (χ2n) is 5.36. The molecule has 2 aromatic carbocycles. The maximum atomic E-state index is 13.1. The van der Waals surface area contributed by atoms with Crippen molar-refractivity contribution in [2.24, 2.45) is 0 Å². The Bertz CT molecular complexity index is 912. The van der Waals surface area contributed by atoms with E-state index in [0.717, 1.165) is 16.6 Å². The molecule has 0 spiro atoms. The van der Waals surface area contributed by atoms with Crippen LogP contribution in [0.15, 0.2) is 60.0 Å². The van der Waals surface area contributed by atoms with Crippen LogP contribution in [0.3, 0.4) is 0 Å². The number of thiazole rings is 1. The van der Waals surface area contributed by atoms with Crippen LogP contribution in [-0.2, 0) is 16.1 Å². The summed E-state index contributed by atoms with van der Waals surface area (Å²) < 4.78 is 18.2. The number of nitrogens with zero attached hydrogens (tertiary/aromatic N) is 1. The van der Waals surface area contributed by atoms with E-state index >= 15 is 0 Å². The molecule has 0 unspecified atom stereocenters. The van der Waals surface area contributed by atoms with Crippen LogP contribution >= 0.6 is 11.3 Å². The van der Waals surface area contributed by atoms with Gasteiger partial charge in [0.2, 0.25) is 0 Å². The fraction of sp³-hybridized carbons (Fsp3) is 0.105. The topological polar surface area (TPSA) is 68.3 Å². The first kappa shape index (κ1) is 17.8. The van der Waals surface area contributed by atoms with Crippen molar-refractivity contribution >= 4 is 23.2 Å². The Morgan fingerprint density at radius 1 is 1.12 bits per heavy atom. The number of nitrogens with one attached hydrogen (secondary N) is 1. The molecule has 1 heterocycles. The number of rotatable bonds is 6. The van der Waals surface area contributed by atoms with Crippen molar-refractivity contribution in [3.8, 4) is 10.6 Å². The lowest BCUT2D eigenvalue weighted by molar-refractivity contribution is -0.143. The fourth-order valence-electron chi connectivity index (χ4n) is 2.18. The summed E-state index contributed by atoms with van der Waals surface area (Å²) in [7, 11) is 0. The summed E-state index contributed by atoms with van der Waals surface area (Å²) in [6.07, 6.45) is 0. The number of halogens is 1. The summed E-state index contributed by atoms with van der Waals surface area (Å²) in [5.41, 5.74) is 1.78. The van der Waals surface area contributed by atoms with E-state index in [4.69, 9.17) is 4.74 Å². The number of hydrogen-bond donors (Lipinski definition) is 1. The Hall–Kier alpha value is -3.06. The molecule has 3 rings (SSSR count). The smallest absolute Gasteiger partial charge is 0.325 e. The molecule has 7 heteroatoms. The van der Waals surface area contributed by atoms with E-state index in [0.29, 0.717) is 5.69 Å². The van der Waals surface area contributed by atoms with Gasteiger partial charge in [-0.1, -0.05) is 36.4 Å². The Labute approximate surface area is 153 Å². The standard InChI is InChI=1S/C19H15FN2O3S/c20-15-8-4-7-14(9-15)18(24)21-10-17(23)25-11-16-12-26-19(22-16)13-5-2-1-3-6-13/h1-9,12H,10-11H2,(H,21,24). The van der Waals surface area contributed by atoms with Crippen molar-refractivity contribution in [3.63, 3.8) is 0 Å². The van der Waals surface area contributed by atoms with Gasteiger partial charge in [0.15, 0.2) is 0 Å². The van der Waals surface area contributed by atoms with Gasteiger partial charge in [-0.25, -0.2) is 9.37 Å². The Morgan fingerprint density at radius 3 is 2.69 bits per heavy atom. The normalized spacial score (nSPS) is 10.3. The highest BCUT2D eigenvalue weighted by molar-refractivity contribution is 7.13. The van der Waals surface area contributed by atoms with Crippen LogP contribution in [0.5, 0.6) is 0 Å². The molecular formula is C19H15FN2O3S. The van der Waals surface area contributed by atoms with Gasteiger partial charge in [0, 0.05) is 16.5 Å². The van der Waals surface area contributed by atoms with Crippen LogP contribution in [0.2, 0.25) is 0 Å². The average molecular weight is 370 g/mol. The third kappa shape index (κ3) is 4.73. The molecule has 0 radical (unpaired) electrons. The quantitative estimate of drug-likeness (QED) is 0.675. The van der Waals surface area contributed by atoms with E-state index in [-0.39, 0.29) is 18.7 Å². The molecule has 5 nitrogen and oxygen atoms in total. The van der Waals surface area contributed by atoms with Crippen LogP contribution in [0, 0.1) is 5.82 Å². The first-order valence-corrected chi connectivity index (χ1v) is 8.69. The molecule has 0 atom stereocenters. The number of ether oxygens (including phenoxy) is 1. The molecule has 1 N–H and O–H groups in total. The first-order valence-electron chi connectivity index (χ1n) is 7.81. The minimum absolute atomic E-state index is 0.0258. The molecule has 0 bridgehead atoms. The molecule has 26 heavy (non-hydrogen) atoms. The molecular weight excluding hydrogens is 355 g/mol. The van der Waals surface area contributed by atoms with Gasteiger partial charge in [-0.15, -0.1) is 11.3 Å². The SMILES string of the molecule is O=C(CNC(=O)c1cccc(F)c1)OCc1csc(-c2ccccc2)n1. The van der Waals surface area contributed by atoms with Crippen LogP contribution < -0.4 is 5.32 Å². The van der Waals surface area contributed by atoms with Crippen molar-refractivity contribution in [2.75, 3.05) is 6.54 Å². The average Bonchev–Trinajstić information content (AvgIpc) is 3.14. The second kappa shape index (κ2) is 8.35. The lowest BCUT2D eigenvalue weighted by Gasteiger charge is -2.05. The summed E-state index contributed by atoms with van der Waals surface area (Å²) in [6.45, 7) is -0.275. The lowest BCUT2D eigenvalue weighted by Crippen LogP contribution is -2.30. The molecule has 0 aliphatic rings. The molecule has 3 aromatic rings. The molecule has 1 amide bonds. The molecule has 0 saturated carbocycles. The molecule has 0 saturated heterocycles. The highest BCUT2D eigenvalue weighted by Crippen LogP contribution is 2.23. The van der Waals surface area contributed by atoms with Crippen LogP contribution in [0.4, 0.5) is 4.39 Å². The predicted molar refractivity (Wildman–Crippen MR) is 96.1 cm³/mol. The number of carbonyl (C=O) groups is 2. The van der Waals surface area contributed by atoms with E-state index in [2.05, 4.69) is 10.3 Å². The third-order valence-corrected chi connectivity index (χ3v) is 4.37. The van der Waals surface area contributed by atoms with Gasteiger partial charge in [-0.2, -0.15) is 0 Å².